The Kier molecular flexibility index (Phi) is 5.64. The van der Waals surface area contributed by atoms with Crippen molar-refractivity contribution < 1.29 is 9.90 Å². The summed E-state index contributed by atoms with van der Waals surface area (Å²) in [5.74, 6) is 5.81. The summed E-state index contributed by atoms with van der Waals surface area (Å²) in [6.45, 7) is 1.38. The van der Waals surface area contributed by atoms with Gasteiger partial charge >= 0.3 is 0 Å². The molecule has 2 rings (SSSR count). The fraction of sp³-hybridized carbons (Fsp3) is 0.471. The second kappa shape index (κ2) is 7.72. The van der Waals surface area contributed by atoms with Crippen LogP contribution in [0.15, 0.2) is 24.3 Å². The summed E-state index contributed by atoms with van der Waals surface area (Å²) >= 11 is 0. The molecule has 0 unspecified atom stereocenters. The first-order valence-electron chi connectivity index (χ1n) is 7.26. The van der Waals surface area contributed by atoms with Crippen LogP contribution in [0, 0.1) is 11.8 Å². The molecule has 1 aromatic rings. The van der Waals surface area contributed by atoms with Gasteiger partial charge in [-0.15, -0.1) is 0 Å². The maximum atomic E-state index is 12.1. The van der Waals surface area contributed by atoms with E-state index in [1.807, 2.05) is 29.2 Å². The molecule has 1 aliphatic rings. The van der Waals surface area contributed by atoms with Crippen molar-refractivity contribution in [3.63, 3.8) is 0 Å². The number of hydrogen-bond acceptors (Lipinski definition) is 2. The van der Waals surface area contributed by atoms with Gasteiger partial charge in [-0.1, -0.05) is 36.8 Å². The fourth-order valence-electron chi connectivity index (χ4n) is 2.49. The molecule has 3 nitrogen and oxygen atoms in total. The maximum Gasteiger partial charge on any atom is 0.222 e. The van der Waals surface area contributed by atoms with Crippen LogP contribution in [0.25, 0.3) is 0 Å². The molecule has 3 heteroatoms. The highest BCUT2D eigenvalue weighted by Crippen LogP contribution is 2.15. The third kappa shape index (κ3) is 4.40. The summed E-state index contributed by atoms with van der Waals surface area (Å²) in [7, 11) is 0. The smallest absolute Gasteiger partial charge is 0.222 e. The molecule has 1 saturated heterocycles. The molecule has 106 valence electrons. The summed E-state index contributed by atoms with van der Waals surface area (Å²) in [5, 5.41) is 8.72. The van der Waals surface area contributed by atoms with E-state index in [2.05, 4.69) is 11.8 Å². The van der Waals surface area contributed by atoms with E-state index in [1.54, 1.807) is 0 Å². The van der Waals surface area contributed by atoms with E-state index in [0.29, 0.717) is 13.0 Å². The van der Waals surface area contributed by atoms with Gasteiger partial charge in [0.15, 0.2) is 0 Å². The van der Waals surface area contributed by atoms with E-state index >= 15 is 0 Å². The summed E-state index contributed by atoms with van der Waals surface area (Å²) < 4.78 is 0. The number of aliphatic hydroxyl groups is 1. The average Bonchev–Trinajstić information content (AvgIpc) is 2.45. The van der Waals surface area contributed by atoms with Gasteiger partial charge in [0.05, 0.1) is 0 Å². The summed E-state index contributed by atoms with van der Waals surface area (Å²) in [6.07, 6.45) is 5.16. The minimum absolute atomic E-state index is 0.130. The maximum absolute atomic E-state index is 12.1. The number of carbonyl (C=O) groups is 1. The first-order chi connectivity index (χ1) is 9.79. The van der Waals surface area contributed by atoms with Gasteiger partial charge in [-0.05, 0) is 30.5 Å². The van der Waals surface area contributed by atoms with Crippen molar-refractivity contribution in [2.45, 2.75) is 38.6 Å². The predicted molar refractivity (Wildman–Crippen MR) is 78.9 cm³/mol. The lowest BCUT2D eigenvalue weighted by Gasteiger charge is -2.25. The summed E-state index contributed by atoms with van der Waals surface area (Å²) in [4.78, 5) is 14.0. The van der Waals surface area contributed by atoms with Gasteiger partial charge < -0.3 is 10.0 Å². The molecule has 0 saturated carbocycles. The second-order valence-corrected chi connectivity index (χ2v) is 5.14. The number of amides is 1. The number of likely N-dealkylation sites (tertiary alicyclic amines) is 1. The number of rotatable bonds is 2. The Morgan fingerprint density at radius 2 is 2.05 bits per heavy atom. The predicted octanol–water partition coefficient (Wildman–Crippen LogP) is 2.32. The van der Waals surface area contributed by atoms with Crippen molar-refractivity contribution in [1.29, 1.82) is 0 Å². The van der Waals surface area contributed by atoms with Crippen LogP contribution in [0.2, 0.25) is 0 Å². The van der Waals surface area contributed by atoms with E-state index < -0.39 is 0 Å². The zero-order chi connectivity index (χ0) is 14.2. The Balaban J connectivity index is 2.05. The van der Waals surface area contributed by atoms with Crippen molar-refractivity contribution in [3.05, 3.63) is 35.4 Å². The van der Waals surface area contributed by atoms with Crippen LogP contribution in [-0.4, -0.2) is 29.1 Å². The molecule has 0 aliphatic carbocycles. The van der Waals surface area contributed by atoms with Gasteiger partial charge in [0.2, 0.25) is 5.91 Å². The quantitative estimate of drug-likeness (QED) is 0.839. The number of hydrogen-bond donors (Lipinski definition) is 1. The van der Waals surface area contributed by atoms with Gasteiger partial charge in [-0.25, -0.2) is 0 Å². The largest absolute Gasteiger partial charge is 0.384 e. The lowest BCUT2D eigenvalue weighted by atomic mass is 10.1. The third-order valence-corrected chi connectivity index (χ3v) is 3.53. The lowest BCUT2D eigenvalue weighted by molar-refractivity contribution is -0.132. The lowest BCUT2D eigenvalue weighted by Crippen LogP contribution is -2.32. The topological polar surface area (TPSA) is 40.5 Å². The molecule has 1 aliphatic heterocycles. The molecule has 0 spiro atoms. The average molecular weight is 271 g/mol. The standard InChI is InChI=1S/C17H21NO2/c19-12-6-9-15-7-5-8-16(13-15)14-18-11-4-2-1-3-10-17(18)20/h5,7-8,13,19H,1-4,10-12,14H2. The van der Waals surface area contributed by atoms with Crippen LogP contribution >= 0.6 is 0 Å². The van der Waals surface area contributed by atoms with Gasteiger partial charge in [0.1, 0.15) is 6.61 Å². The summed E-state index contributed by atoms with van der Waals surface area (Å²) in [5.41, 5.74) is 1.99. The van der Waals surface area contributed by atoms with E-state index in [9.17, 15) is 4.79 Å². The highest BCUT2D eigenvalue weighted by molar-refractivity contribution is 5.76. The SMILES string of the molecule is O=C1CCCCCCN1Cc1cccc(C#CCO)c1. The third-order valence-electron chi connectivity index (χ3n) is 3.53. The molecule has 1 fully saturated rings. The first-order valence-corrected chi connectivity index (χ1v) is 7.26. The van der Waals surface area contributed by atoms with Crippen molar-refractivity contribution in [1.82, 2.24) is 4.90 Å². The van der Waals surface area contributed by atoms with E-state index in [-0.39, 0.29) is 12.5 Å². The minimum Gasteiger partial charge on any atom is -0.384 e. The second-order valence-electron chi connectivity index (χ2n) is 5.14. The molecule has 0 atom stereocenters. The van der Waals surface area contributed by atoms with Gasteiger partial charge in [0.25, 0.3) is 0 Å². The van der Waals surface area contributed by atoms with Crippen molar-refractivity contribution in [3.8, 4) is 11.8 Å². The van der Waals surface area contributed by atoms with E-state index in [0.717, 1.165) is 30.5 Å². The molecule has 0 bridgehead atoms. The van der Waals surface area contributed by atoms with Gasteiger partial charge in [-0.3, -0.25) is 4.79 Å². The molecule has 20 heavy (non-hydrogen) atoms. The van der Waals surface area contributed by atoms with E-state index in [1.165, 1.54) is 12.8 Å². The molecule has 0 radical (unpaired) electrons. The van der Waals surface area contributed by atoms with Gasteiger partial charge in [-0.2, -0.15) is 0 Å². The molecular formula is C17H21NO2. The Labute approximate surface area is 120 Å². The van der Waals surface area contributed by atoms with Crippen LogP contribution in [-0.2, 0) is 11.3 Å². The number of carbonyl (C=O) groups excluding carboxylic acids is 1. The monoisotopic (exact) mass is 271 g/mol. The highest BCUT2D eigenvalue weighted by atomic mass is 16.2. The van der Waals surface area contributed by atoms with Crippen molar-refractivity contribution >= 4 is 5.91 Å². The molecule has 1 heterocycles. The molecule has 1 aromatic carbocycles. The summed E-state index contributed by atoms with van der Waals surface area (Å²) in [6, 6.07) is 7.89. The Morgan fingerprint density at radius 3 is 2.90 bits per heavy atom. The zero-order valence-corrected chi connectivity index (χ0v) is 11.8. The number of aliphatic hydroxyl groups excluding tert-OH is 1. The Morgan fingerprint density at radius 1 is 1.20 bits per heavy atom. The Bertz CT molecular complexity index is 513. The molecule has 1 N–H and O–H groups in total. The normalized spacial score (nSPS) is 16.1. The van der Waals surface area contributed by atoms with Gasteiger partial charge in [0, 0.05) is 25.1 Å². The molecule has 0 aromatic heterocycles. The fourth-order valence-corrected chi connectivity index (χ4v) is 2.49. The van der Waals surface area contributed by atoms with Crippen LogP contribution in [0.1, 0.15) is 43.2 Å². The van der Waals surface area contributed by atoms with Crippen molar-refractivity contribution in [2.24, 2.45) is 0 Å². The van der Waals surface area contributed by atoms with Crippen LogP contribution in [0.5, 0.6) is 0 Å². The number of nitrogens with zero attached hydrogens (tertiary/aromatic N) is 1. The Hall–Kier alpha value is -1.79. The zero-order valence-electron chi connectivity index (χ0n) is 11.8. The van der Waals surface area contributed by atoms with Crippen molar-refractivity contribution in [2.75, 3.05) is 13.2 Å². The number of benzene rings is 1. The van der Waals surface area contributed by atoms with E-state index in [4.69, 9.17) is 5.11 Å². The first kappa shape index (κ1) is 14.6. The van der Waals surface area contributed by atoms with Crippen LogP contribution in [0.4, 0.5) is 0 Å². The minimum atomic E-state index is -0.130. The molecular weight excluding hydrogens is 250 g/mol. The van der Waals surface area contributed by atoms with Crippen LogP contribution < -0.4 is 0 Å². The highest BCUT2D eigenvalue weighted by Gasteiger charge is 2.15. The van der Waals surface area contributed by atoms with Crippen LogP contribution in [0.3, 0.4) is 0 Å². The molecule has 1 amide bonds.